The lowest BCUT2D eigenvalue weighted by atomic mass is 10.1. The molecule has 0 saturated carbocycles. The number of aliphatic carboxylic acids is 1. The van der Waals surface area contributed by atoms with E-state index in [2.05, 4.69) is 6.58 Å². The predicted molar refractivity (Wildman–Crippen MR) is 102 cm³/mol. The summed E-state index contributed by atoms with van der Waals surface area (Å²) < 4.78 is 10.6. The Balaban J connectivity index is 1.98. The van der Waals surface area contributed by atoms with Gasteiger partial charge in [-0.25, -0.2) is 9.59 Å². The summed E-state index contributed by atoms with van der Waals surface area (Å²) in [5, 5.41) is 8.58. The average molecular weight is 360 g/mol. The van der Waals surface area contributed by atoms with Gasteiger partial charge in [-0.1, -0.05) is 50.8 Å². The van der Waals surface area contributed by atoms with E-state index in [1.807, 2.05) is 24.3 Å². The van der Waals surface area contributed by atoms with Crippen LogP contribution in [0.15, 0.2) is 43.0 Å². The maximum absolute atomic E-state index is 10.8. The minimum absolute atomic E-state index is 0.351. The van der Waals surface area contributed by atoms with Crippen LogP contribution in [-0.2, 0) is 14.3 Å². The molecule has 142 valence electrons. The highest BCUT2D eigenvalue weighted by Crippen LogP contribution is 2.14. The van der Waals surface area contributed by atoms with E-state index in [1.54, 1.807) is 6.08 Å². The SMILES string of the molecule is C=CC(=O)OCCCCCCCCCOc1ccc(C=CC(=O)O)cc1. The molecule has 1 rings (SSSR count). The van der Waals surface area contributed by atoms with Crippen molar-refractivity contribution < 1.29 is 24.2 Å². The number of hydrogen-bond acceptors (Lipinski definition) is 4. The highest BCUT2D eigenvalue weighted by atomic mass is 16.5. The smallest absolute Gasteiger partial charge is 0.330 e. The Morgan fingerprint density at radius 1 is 0.923 bits per heavy atom. The number of esters is 1. The van der Waals surface area contributed by atoms with E-state index in [4.69, 9.17) is 14.6 Å². The summed E-state index contributed by atoms with van der Waals surface area (Å²) in [5.74, 6) is -0.510. The van der Waals surface area contributed by atoms with Gasteiger partial charge in [0.1, 0.15) is 5.75 Å². The van der Waals surface area contributed by atoms with Crippen LogP contribution in [0.25, 0.3) is 6.08 Å². The molecule has 0 fully saturated rings. The third-order valence-corrected chi connectivity index (χ3v) is 3.77. The molecular weight excluding hydrogens is 332 g/mol. The Morgan fingerprint density at radius 2 is 1.50 bits per heavy atom. The molecule has 0 aromatic heterocycles. The zero-order chi connectivity index (χ0) is 19.0. The monoisotopic (exact) mass is 360 g/mol. The molecule has 0 aliphatic heterocycles. The van der Waals surface area contributed by atoms with Crippen molar-refractivity contribution in [1.82, 2.24) is 0 Å². The second-order valence-electron chi connectivity index (χ2n) is 5.94. The van der Waals surface area contributed by atoms with Gasteiger partial charge in [0.25, 0.3) is 0 Å². The topological polar surface area (TPSA) is 72.8 Å². The summed E-state index contributed by atoms with van der Waals surface area (Å²) in [4.78, 5) is 21.3. The van der Waals surface area contributed by atoms with Gasteiger partial charge < -0.3 is 14.6 Å². The summed E-state index contributed by atoms with van der Waals surface area (Å²) in [5.41, 5.74) is 0.832. The fourth-order valence-electron chi connectivity index (χ4n) is 2.35. The zero-order valence-corrected chi connectivity index (χ0v) is 15.2. The van der Waals surface area contributed by atoms with Crippen molar-refractivity contribution in [3.8, 4) is 5.75 Å². The van der Waals surface area contributed by atoms with E-state index in [1.165, 1.54) is 18.9 Å². The second-order valence-corrected chi connectivity index (χ2v) is 5.94. The largest absolute Gasteiger partial charge is 0.494 e. The van der Waals surface area contributed by atoms with E-state index in [-0.39, 0.29) is 5.97 Å². The van der Waals surface area contributed by atoms with Crippen LogP contribution in [0.4, 0.5) is 0 Å². The van der Waals surface area contributed by atoms with Crippen molar-refractivity contribution >= 4 is 18.0 Å². The molecule has 26 heavy (non-hydrogen) atoms. The fourth-order valence-corrected chi connectivity index (χ4v) is 2.35. The van der Waals surface area contributed by atoms with Gasteiger partial charge in [-0.05, 0) is 36.6 Å². The number of carbonyl (C=O) groups is 2. The van der Waals surface area contributed by atoms with Crippen LogP contribution in [0, 0.1) is 0 Å². The van der Waals surface area contributed by atoms with Crippen molar-refractivity contribution in [3.63, 3.8) is 0 Å². The van der Waals surface area contributed by atoms with Gasteiger partial charge in [0.05, 0.1) is 13.2 Å². The molecule has 1 aromatic rings. The van der Waals surface area contributed by atoms with Gasteiger partial charge in [0, 0.05) is 12.2 Å². The zero-order valence-electron chi connectivity index (χ0n) is 15.2. The maximum Gasteiger partial charge on any atom is 0.330 e. The Labute approximate surface area is 155 Å². The van der Waals surface area contributed by atoms with Gasteiger partial charge in [-0.2, -0.15) is 0 Å². The van der Waals surface area contributed by atoms with Crippen molar-refractivity contribution in [2.24, 2.45) is 0 Å². The van der Waals surface area contributed by atoms with Crippen LogP contribution in [0.3, 0.4) is 0 Å². The molecule has 5 nitrogen and oxygen atoms in total. The first kappa shape index (κ1) is 21.5. The van der Waals surface area contributed by atoms with Crippen LogP contribution >= 0.6 is 0 Å². The Morgan fingerprint density at radius 3 is 2.08 bits per heavy atom. The summed E-state index contributed by atoms with van der Waals surface area (Å²) in [7, 11) is 0. The summed E-state index contributed by atoms with van der Waals surface area (Å²) >= 11 is 0. The normalized spacial score (nSPS) is 10.6. The van der Waals surface area contributed by atoms with Crippen LogP contribution in [0.5, 0.6) is 5.75 Å². The van der Waals surface area contributed by atoms with Gasteiger partial charge in [0.2, 0.25) is 0 Å². The Kier molecular flexibility index (Phi) is 11.3. The summed E-state index contributed by atoms with van der Waals surface area (Å²) in [6, 6.07) is 7.36. The number of carbonyl (C=O) groups excluding carboxylic acids is 1. The number of ether oxygens (including phenoxy) is 2. The van der Waals surface area contributed by atoms with Gasteiger partial charge in [-0.3, -0.25) is 0 Å². The fraction of sp³-hybridized carbons (Fsp3) is 0.429. The molecule has 0 bridgehead atoms. The van der Waals surface area contributed by atoms with Crippen LogP contribution in [-0.4, -0.2) is 30.3 Å². The average Bonchev–Trinajstić information content (AvgIpc) is 2.65. The highest BCUT2D eigenvalue weighted by molar-refractivity contribution is 5.85. The van der Waals surface area contributed by atoms with Crippen molar-refractivity contribution in [2.75, 3.05) is 13.2 Å². The van der Waals surface area contributed by atoms with Crippen molar-refractivity contribution in [3.05, 3.63) is 48.6 Å². The molecule has 0 heterocycles. The van der Waals surface area contributed by atoms with E-state index < -0.39 is 5.97 Å². The molecule has 0 spiro atoms. The second kappa shape index (κ2) is 13.7. The first-order valence-corrected chi connectivity index (χ1v) is 9.05. The molecule has 0 radical (unpaired) electrons. The van der Waals surface area contributed by atoms with Crippen LogP contribution in [0.2, 0.25) is 0 Å². The molecule has 0 aliphatic carbocycles. The first-order valence-electron chi connectivity index (χ1n) is 9.05. The van der Waals surface area contributed by atoms with Crippen LogP contribution < -0.4 is 4.74 Å². The number of rotatable bonds is 14. The molecule has 0 atom stereocenters. The summed E-state index contributed by atoms with van der Waals surface area (Å²) in [6.45, 7) is 4.51. The molecule has 0 aliphatic rings. The Hall–Kier alpha value is -2.56. The third kappa shape index (κ3) is 11.1. The molecule has 0 saturated heterocycles. The molecular formula is C21H28O5. The molecule has 1 N–H and O–H groups in total. The minimum atomic E-state index is -0.957. The maximum atomic E-state index is 10.8. The van der Waals surface area contributed by atoms with E-state index in [0.717, 1.165) is 49.5 Å². The molecule has 0 amide bonds. The van der Waals surface area contributed by atoms with Gasteiger partial charge in [0.15, 0.2) is 0 Å². The Bertz CT molecular complexity index is 575. The highest BCUT2D eigenvalue weighted by Gasteiger charge is 1.97. The lowest BCUT2D eigenvalue weighted by Crippen LogP contribution is -2.01. The van der Waals surface area contributed by atoms with E-state index in [0.29, 0.717) is 13.2 Å². The van der Waals surface area contributed by atoms with Gasteiger partial charge in [-0.15, -0.1) is 0 Å². The quantitative estimate of drug-likeness (QED) is 0.298. The number of unbranched alkanes of at least 4 members (excludes halogenated alkanes) is 6. The van der Waals surface area contributed by atoms with Crippen molar-refractivity contribution in [2.45, 2.75) is 44.9 Å². The lowest BCUT2D eigenvalue weighted by Gasteiger charge is -2.06. The first-order chi connectivity index (χ1) is 12.6. The standard InChI is InChI=1S/C21H28O5/c1-2-21(24)26-17-9-7-5-3-4-6-8-16-25-19-13-10-18(11-14-19)12-15-20(22)23/h2,10-15H,1,3-9,16-17H2,(H,22,23). The number of benzene rings is 1. The molecule has 0 unspecified atom stereocenters. The minimum Gasteiger partial charge on any atom is -0.494 e. The van der Waals surface area contributed by atoms with Crippen molar-refractivity contribution in [1.29, 1.82) is 0 Å². The summed E-state index contributed by atoms with van der Waals surface area (Å²) in [6.07, 6.45) is 11.5. The lowest BCUT2D eigenvalue weighted by molar-refractivity contribution is -0.138. The molecule has 5 heteroatoms. The number of carboxylic acid groups (broad SMARTS) is 1. The van der Waals surface area contributed by atoms with E-state index in [9.17, 15) is 9.59 Å². The number of hydrogen-bond donors (Lipinski definition) is 1. The van der Waals surface area contributed by atoms with Gasteiger partial charge >= 0.3 is 11.9 Å². The van der Waals surface area contributed by atoms with Crippen LogP contribution in [0.1, 0.15) is 50.5 Å². The number of carboxylic acids is 1. The van der Waals surface area contributed by atoms with E-state index >= 15 is 0 Å². The predicted octanol–water partition coefficient (Wildman–Crippen LogP) is 4.62. The molecule has 1 aromatic carbocycles. The third-order valence-electron chi connectivity index (χ3n) is 3.77.